The maximum Gasteiger partial charge on any atom is 0.271 e. The van der Waals surface area contributed by atoms with Gasteiger partial charge in [0.25, 0.3) is 5.91 Å². The summed E-state index contributed by atoms with van der Waals surface area (Å²) < 4.78 is 0. The summed E-state index contributed by atoms with van der Waals surface area (Å²) in [6, 6.07) is 17.2. The Morgan fingerprint density at radius 2 is 1.84 bits per heavy atom. The van der Waals surface area contributed by atoms with Crippen molar-refractivity contribution in [1.82, 2.24) is 10.3 Å². The monoisotopic (exact) mass is 352 g/mol. The highest BCUT2D eigenvalue weighted by molar-refractivity contribution is 7.09. The molecular weight excluding hydrogens is 332 g/mol. The molecule has 0 aliphatic heterocycles. The van der Waals surface area contributed by atoms with Gasteiger partial charge in [-0.2, -0.15) is 0 Å². The van der Waals surface area contributed by atoms with Crippen LogP contribution < -0.4 is 16.8 Å². The average molecular weight is 352 g/mol. The fourth-order valence-corrected chi connectivity index (χ4v) is 3.28. The summed E-state index contributed by atoms with van der Waals surface area (Å²) >= 11 is 1.41. The SMILES string of the molecule is Nc1ccccc1CNC(=O)c1csc(C(N)Cc2ccccc2)n1. The van der Waals surface area contributed by atoms with Crippen LogP contribution in [-0.4, -0.2) is 10.9 Å². The molecule has 5 N–H and O–H groups in total. The van der Waals surface area contributed by atoms with Gasteiger partial charge in [-0.3, -0.25) is 4.79 Å². The van der Waals surface area contributed by atoms with E-state index in [1.165, 1.54) is 11.3 Å². The van der Waals surface area contributed by atoms with E-state index < -0.39 is 0 Å². The molecule has 3 rings (SSSR count). The number of para-hydroxylation sites is 1. The summed E-state index contributed by atoms with van der Waals surface area (Å²) in [5, 5.41) is 5.34. The zero-order valence-electron chi connectivity index (χ0n) is 13.7. The Kier molecular flexibility index (Phi) is 5.42. The van der Waals surface area contributed by atoms with Gasteiger partial charge < -0.3 is 16.8 Å². The van der Waals surface area contributed by atoms with Gasteiger partial charge in [-0.1, -0.05) is 48.5 Å². The Morgan fingerprint density at radius 1 is 1.12 bits per heavy atom. The second-order valence-corrected chi connectivity index (χ2v) is 6.64. The first-order chi connectivity index (χ1) is 12.1. The molecule has 1 unspecified atom stereocenters. The van der Waals surface area contributed by atoms with Crippen molar-refractivity contribution >= 4 is 22.9 Å². The zero-order valence-corrected chi connectivity index (χ0v) is 14.5. The number of aromatic nitrogens is 1. The largest absolute Gasteiger partial charge is 0.398 e. The number of nitrogen functional groups attached to an aromatic ring is 1. The summed E-state index contributed by atoms with van der Waals surface area (Å²) in [4.78, 5) is 16.7. The third-order valence-electron chi connectivity index (χ3n) is 3.86. The van der Waals surface area contributed by atoms with Crippen LogP contribution in [0.2, 0.25) is 0 Å². The second-order valence-electron chi connectivity index (χ2n) is 5.75. The Morgan fingerprint density at radius 3 is 2.60 bits per heavy atom. The van der Waals surface area contributed by atoms with E-state index in [4.69, 9.17) is 11.5 Å². The van der Waals surface area contributed by atoms with E-state index in [2.05, 4.69) is 10.3 Å². The van der Waals surface area contributed by atoms with E-state index in [9.17, 15) is 4.79 Å². The maximum atomic E-state index is 12.3. The molecule has 1 amide bonds. The molecule has 0 saturated heterocycles. The number of hydrogen-bond acceptors (Lipinski definition) is 5. The Labute approximate surface area is 150 Å². The number of amides is 1. The first kappa shape index (κ1) is 17.1. The van der Waals surface area contributed by atoms with Crippen LogP contribution in [0.5, 0.6) is 0 Å². The lowest BCUT2D eigenvalue weighted by atomic mass is 10.1. The molecule has 3 aromatic rings. The number of rotatable bonds is 6. The van der Waals surface area contributed by atoms with Gasteiger partial charge >= 0.3 is 0 Å². The number of anilines is 1. The minimum atomic E-state index is -0.224. The van der Waals surface area contributed by atoms with Crippen molar-refractivity contribution < 1.29 is 4.79 Å². The van der Waals surface area contributed by atoms with Crippen LogP contribution in [0.1, 0.15) is 32.7 Å². The molecule has 128 valence electrons. The van der Waals surface area contributed by atoms with Crippen LogP contribution in [0.25, 0.3) is 0 Å². The normalized spacial score (nSPS) is 11.9. The quantitative estimate of drug-likeness (QED) is 0.595. The molecule has 0 bridgehead atoms. The van der Waals surface area contributed by atoms with Crippen molar-refractivity contribution in [3.63, 3.8) is 0 Å². The summed E-state index contributed by atoms with van der Waals surface area (Å²) in [6.45, 7) is 0.369. The zero-order chi connectivity index (χ0) is 17.6. The van der Waals surface area contributed by atoms with Gasteiger partial charge in [0.05, 0.1) is 6.04 Å². The molecule has 1 atom stereocenters. The van der Waals surface area contributed by atoms with E-state index in [-0.39, 0.29) is 11.9 Å². The number of nitrogens with zero attached hydrogens (tertiary/aromatic N) is 1. The van der Waals surface area contributed by atoms with Crippen molar-refractivity contribution in [2.75, 3.05) is 5.73 Å². The molecule has 0 spiro atoms. The van der Waals surface area contributed by atoms with Crippen LogP contribution in [-0.2, 0) is 13.0 Å². The summed E-state index contributed by atoms with van der Waals surface area (Å²) in [5.41, 5.74) is 15.2. The van der Waals surface area contributed by atoms with Gasteiger partial charge in [0, 0.05) is 17.6 Å². The molecule has 1 aromatic heterocycles. The fraction of sp³-hybridized carbons (Fsp3) is 0.158. The lowest BCUT2D eigenvalue weighted by Crippen LogP contribution is -2.24. The molecule has 0 aliphatic rings. The number of benzene rings is 2. The highest BCUT2D eigenvalue weighted by atomic mass is 32.1. The van der Waals surface area contributed by atoms with E-state index in [0.717, 1.165) is 16.1 Å². The third kappa shape index (κ3) is 4.43. The van der Waals surface area contributed by atoms with Gasteiger partial charge in [0.1, 0.15) is 10.7 Å². The molecule has 25 heavy (non-hydrogen) atoms. The van der Waals surface area contributed by atoms with E-state index in [1.54, 1.807) is 5.38 Å². The molecule has 0 radical (unpaired) electrons. The van der Waals surface area contributed by atoms with Crippen molar-refractivity contribution in [1.29, 1.82) is 0 Å². The first-order valence-corrected chi connectivity index (χ1v) is 8.88. The maximum absolute atomic E-state index is 12.3. The minimum Gasteiger partial charge on any atom is -0.398 e. The summed E-state index contributed by atoms with van der Waals surface area (Å²) in [7, 11) is 0. The molecule has 0 fully saturated rings. The molecular formula is C19H20N4OS. The highest BCUT2D eigenvalue weighted by Crippen LogP contribution is 2.20. The van der Waals surface area contributed by atoms with Gasteiger partial charge in [-0.05, 0) is 23.6 Å². The number of carbonyl (C=O) groups excluding carboxylic acids is 1. The van der Waals surface area contributed by atoms with Gasteiger partial charge in [-0.15, -0.1) is 11.3 Å². The predicted octanol–water partition coefficient (Wildman–Crippen LogP) is 2.90. The topological polar surface area (TPSA) is 94.0 Å². The van der Waals surface area contributed by atoms with Crippen LogP contribution in [0.4, 0.5) is 5.69 Å². The summed E-state index contributed by atoms with van der Waals surface area (Å²) in [5.74, 6) is -0.224. The lowest BCUT2D eigenvalue weighted by Gasteiger charge is -2.08. The van der Waals surface area contributed by atoms with Gasteiger partial charge in [0.15, 0.2) is 0 Å². The van der Waals surface area contributed by atoms with Crippen LogP contribution in [0.15, 0.2) is 60.0 Å². The molecule has 2 aromatic carbocycles. The average Bonchev–Trinajstić information content (AvgIpc) is 3.12. The van der Waals surface area contributed by atoms with Crippen molar-refractivity contribution in [2.45, 2.75) is 19.0 Å². The molecule has 6 heteroatoms. The van der Waals surface area contributed by atoms with Gasteiger partial charge in [-0.25, -0.2) is 4.98 Å². The predicted molar refractivity (Wildman–Crippen MR) is 101 cm³/mol. The van der Waals surface area contributed by atoms with Gasteiger partial charge in [0.2, 0.25) is 0 Å². The summed E-state index contributed by atoms with van der Waals surface area (Å²) in [6.07, 6.45) is 0.690. The van der Waals surface area contributed by atoms with Crippen LogP contribution in [0.3, 0.4) is 0 Å². The minimum absolute atomic E-state index is 0.223. The van der Waals surface area contributed by atoms with Crippen molar-refractivity contribution in [2.24, 2.45) is 5.73 Å². The van der Waals surface area contributed by atoms with Crippen LogP contribution in [0, 0.1) is 0 Å². The third-order valence-corrected chi connectivity index (χ3v) is 4.84. The second kappa shape index (κ2) is 7.92. The van der Waals surface area contributed by atoms with Crippen molar-refractivity contribution in [3.05, 3.63) is 81.8 Å². The first-order valence-electron chi connectivity index (χ1n) is 8.00. The van der Waals surface area contributed by atoms with Crippen molar-refractivity contribution in [3.8, 4) is 0 Å². The standard InChI is InChI=1S/C19H20N4OS/c20-15-9-5-4-8-14(15)11-22-18(24)17-12-25-19(23-17)16(21)10-13-6-2-1-3-7-13/h1-9,12,16H,10-11,20-21H2,(H,22,24). The lowest BCUT2D eigenvalue weighted by molar-refractivity contribution is 0.0946. The van der Waals surface area contributed by atoms with E-state index in [1.807, 2.05) is 54.6 Å². The van der Waals surface area contributed by atoms with E-state index >= 15 is 0 Å². The number of nitrogens with one attached hydrogen (secondary N) is 1. The smallest absolute Gasteiger partial charge is 0.271 e. The van der Waals surface area contributed by atoms with E-state index in [0.29, 0.717) is 24.3 Å². The highest BCUT2D eigenvalue weighted by Gasteiger charge is 2.15. The number of hydrogen-bond donors (Lipinski definition) is 3. The molecule has 0 saturated carbocycles. The number of carbonyl (C=O) groups is 1. The number of nitrogens with two attached hydrogens (primary N) is 2. The molecule has 1 heterocycles. The fourth-order valence-electron chi connectivity index (χ4n) is 2.48. The Balaban J connectivity index is 1.60. The Hall–Kier alpha value is -2.70. The number of thiazole rings is 1. The Bertz CT molecular complexity index is 847. The molecule has 0 aliphatic carbocycles. The van der Waals surface area contributed by atoms with Crippen LogP contribution >= 0.6 is 11.3 Å². The molecule has 5 nitrogen and oxygen atoms in total.